The predicted octanol–water partition coefficient (Wildman–Crippen LogP) is 2.20. The third-order valence-corrected chi connectivity index (χ3v) is 3.68. The second kappa shape index (κ2) is 5.45. The Morgan fingerprint density at radius 3 is 2.80 bits per heavy atom. The Balaban J connectivity index is 1.91. The van der Waals surface area contributed by atoms with Crippen molar-refractivity contribution < 1.29 is 4.79 Å². The molecule has 0 atom stereocenters. The largest absolute Gasteiger partial charge is 0.339 e. The average Bonchev–Trinajstić information content (AvgIpc) is 3.17. The molecule has 1 aliphatic rings. The molecule has 0 unspecified atom stereocenters. The molecule has 0 radical (unpaired) electrons. The second-order valence-electron chi connectivity index (χ2n) is 4.96. The van der Waals surface area contributed by atoms with Crippen LogP contribution in [0.3, 0.4) is 0 Å². The van der Waals surface area contributed by atoms with E-state index in [1.165, 1.54) is 0 Å². The second-order valence-corrected chi connectivity index (χ2v) is 4.96. The van der Waals surface area contributed by atoms with Gasteiger partial charge in [0, 0.05) is 37.6 Å². The topological polar surface area (TPSA) is 51.0 Å². The van der Waals surface area contributed by atoms with E-state index in [9.17, 15) is 4.79 Å². The monoisotopic (exact) mass is 270 g/mol. The molecule has 0 N–H and O–H groups in total. The lowest BCUT2D eigenvalue weighted by atomic mass is 10.1. The molecule has 1 saturated heterocycles. The van der Waals surface area contributed by atoms with E-state index in [4.69, 9.17) is 0 Å². The fourth-order valence-electron chi connectivity index (χ4n) is 2.61. The number of likely N-dealkylation sites (tertiary alicyclic amines) is 1. The number of pyridine rings is 1. The quantitative estimate of drug-likeness (QED) is 0.859. The van der Waals surface area contributed by atoms with Gasteiger partial charge in [0.25, 0.3) is 5.91 Å². The molecule has 0 saturated carbocycles. The summed E-state index contributed by atoms with van der Waals surface area (Å²) in [6, 6.07) is 5.58. The molecular formula is C15H18N4O. The van der Waals surface area contributed by atoms with Crippen molar-refractivity contribution >= 4 is 5.91 Å². The molecule has 2 aromatic rings. The minimum Gasteiger partial charge on any atom is -0.339 e. The van der Waals surface area contributed by atoms with Gasteiger partial charge in [0.15, 0.2) is 0 Å². The summed E-state index contributed by atoms with van der Waals surface area (Å²) in [4.78, 5) is 18.7. The van der Waals surface area contributed by atoms with Crippen molar-refractivity contribution in [1.29, 1.82) is 0 Å². The number of hydrogen-bond acceptors (Lipinski definition) is 3. The number of aromatic nitrogens is 3. The fourth-order valence-corrected chi connectivity index (χ4v) is 2.61. The molecule has 20 heavy (non-hydrogen) atoms. The zero-order chi connectivity index (χ0) is 13.9. The molecule has 5 nitrogen and oxygen atoms in total. The van der Waals surface area contributed by atoms with E-state index in [-0.39, 0.29) is 5.91 Å². The summed E-state index contributed by atoms with van der Waals surface area (Å²) in [5.74, 6) is 0.105. The summed E-state index contributed by atoms with van der Waals surface area (Å²) in [5, 5.41) is 4.24. The molecule has 1 aliphatic heterocycles. The van der Waals surface area contributed by atoms with Crippen LogP contribution in [0, 0.1) is 0 Å². The highest BCUT2D eigenvalue weighted by Gasteiger charge is 2.20. The van der Waals surface area contributed by atoms with Crippen LogP contribution in [0.1, 0.15) is 30.1 Å². The van der Waals surface area contributed by atoms with E-state index >= 15 is 0 Å². The highest BCUT2D eigenvalue weighted by molar-refractivity contribution is 5.95. The maximum atomic E-state index is 12.4. The molecule has 0 bridgehead atoms. The van der Waals surface area contributed by atoms with Gasteiger partial charge in [-0.1, -0.05) is 0 Å². The number of nitrogens with zero attached hydrogens (tertiary/aromatic N) is 4. The number of carbonyl (C=O) groups is 1. The van der Waals surface area contributed by atoms with Crippen LogP contribution in [0.4, 0.5) is 0 Å². The van der Waals surface area contributed by atoms with E-state index in [1.807, 2.05) is 28.6 Å². The van der Waals surface area contributed by atoms with Gasteiger partial charge in [-0.2, -0.15) is 5.10 Å². The van der Waals surface area contributed by atoms with Crippen molar-refractivity contribution in [2.75, 3.05) is 13.1 Å². The Kier molecular flexibility index (Phi) is 3.50. The molecule has 0 aromatic carbocycles. The zero-order valence-corrected chi connectivity index (χ0v) is 11.6. The summed E-state index contributed by atoms with van der Waals surface area (Å²) >= 11 is 0. The van der Waals surface area contributed by atoms with E-state index < -0.39 is 0 Å². The smallest absolute Gasteiger partial charge is 0.253 e. The molecule has 2 aromatic heterocycles. The van der Waals surface area contributed by atoms with Gasteiger partial charge < -0.3 is 4.90 Å². The molecule has 1 amide bonds. The first-order valence-corrected chi connectivity index (χ1v) is 7.07. The third-order valence-electron chi connectivity index (χ3n) is 3.68. The van der Waals surface area contributed by atoms with Crippen LogP contribution in [-0.2, 0) is 6.54 Å². The molecule has 1 fully saturated rings. The van der Waals surface area contributed by atoms with Gasteiger partial charge in [0.05, 0.1) is 11.4 Å². The Hall–Kier alpha value is -2.17. The first-order chi connectivity index (χ1) is 9.79. The lowest BCUT2D eigenvalue weighted by Gasteiger charge is -2.15. The lowest BCUT2D eigenvalue weighted by Crippen LogP contribution is -2.27. The molecule has 3 rings (SSSR count). The van der Waals surface area contributed by atoms with Crippen molar-refractivity contribution in [3.63, 3.8) is 0 Å². The summed E-state index contributed by atoms with van der Waals surface area (Å²) in [5.41, 5.74) is 2.46. The fraction of sp³-hybridized carbons (Fsp3) is 0.400. The van der Waals surface area contributed by atoms with Crippen molar-refractivity contribution in [2.45, 2.75) is 26.3 Å². The highest BCUT2D eigenvalue weighted by Crippen LogP contribution is 2.19. The van der Waals surface area contributed by atoms with Crippen molar-refractivity contribution in [3.8, 4) is 11.4 Å². The Morgan fingerprint density at radius 2 is 2.05 bits per heavy atom. The first kappa shape index (κ1) is 12.8. The van der Waals surface area contributed by atoms with E-state index in [2.05, 4.69) is 10.1 Å². The first-order valence-electron chi connectivity index (χ1n) is 7.07. The summed E-state index contributed by atoms with van der Waals surface area (Å²) in [6.45, 7) is 4.55. The highest BCUT2D eigenvalue weighted by atomic mass is 16.2. The minimum absolute atomic E-state index is 0.105. The van der Waals surface area contributed by atoms with E-state index in [1.54, 1.807) is 18.5 Å². The number of amides is 1. The van der Waals surface area contributed by atoms with Gasteiger partial charge >= 0.3 is 0 Å². The molecule has 104 valence electrons. The SMILES string of the molecule is CCn1nccc1-c1cc(C(=O)N2CCCC2)ccn1. The maximum Gasteiger partial charge on any atom is 0.253 e. The molecule has 0 aliphatic carbocycles. The van der Waals surface area contributed by atoms with Gasteiger partial charge in [-0.15, -0.1) is 0 Å². The van der Waals surface area contributed by atoms with E-state index in [0.717, 1.165) is 43.9 Å². The maximum absolute atomic E-state index is 12.4. The van der Waals surface area contributed by atoms with Crippen molar-refractivity contribution in [3.05, 3.63) is 36.2 Å². The van der Waals surface area contributed by atoms with E-state index in [0.29, 0.717) is 5.56 Å². The number of rotatable bonds is 3. The number of carbonyl (C=O) groups excluding carboxylic acids is 1. The zero-order valence-electron chi connectivity index (χ0n) is 11.6. The average molecular weight is 270 g/mol. The Morgan fingerprint density at radius 1 is 1.25 bits per heavy atom. The number of aryl methyl sites for hydroxylation is 1. The molecular weight excluding hydrogens is 252 g/mol. The van der Waals surface area contributed by atoms with Crippen LogP contribution in [-0.4, -0.2) is 38.7 Å². The van der Waals surface area contributed by atoms with Crippen molar-refractivity contribution in [1.82, 2.24) is 19.7 Å². The molecule has 0 spiro atoms. The van der Waals surface area contributed by atoms with Crippen LogP contribution in [0.2, 0.25) is 0 Å². The van der Waals surface area contributed by atoms with Gasteiger partial charge in [-0.3, -0.25) is 14.5 Å². The standard InChI is InChI=1S/C15H18N4O/c1-2-19-14(6-8-17-19)13-11-12(5-7-16-13)15(20)18-9-3-4-10-18/h5-8,11H,2-4,9-10H2,1H3. The minimum atomic E-state index is 0.105. The van der Waals surface area contributed by atoms with Gasteiger partial charge in [-0.25, -0.2) is 0 Å². The van der Waals surface area contributed by atoms with Crippen LogP contribution >= 0.6 is 0 Å². The van der Waals surface area contributed by atoms with Gasteiger partial charge in [0.2, 0.25) is 0 Å². The Labute approximate surface area is 118 Å². The van der Waals surface area contributed by atoms with Gasteiger partial charge in [0.1, 0.15) is 0 Å². The van der Waals surface area contributed by atoms with Crippen molar-refractivity contribution in [2.24, 2.45) is 0 Å². The predicted molar refractivity (Wildman–Crippen MR) is 76.3 cm³/mol. The van der Waals surface area contributed by atoms with Crippen LogP contribution in [0.5, 0.6) is 0 Å². The lowest BCUT2D eigenvalue weighted by molar-refractivity contribution is 0.0793. The normalized spacial score (nSPS) is 14.8. The molecule has 5 heteroatoms. The summed E-state index contributed by atoms with van der Waals surface area (Å²) in [7, 11) is 0. The summed E-state index contributed by atoms with van der Waals surface area (Å²) in [6.07, 6.45) is 5.67. The van der Waals surface area contributed by atoms with Gasteiger partial charge in [-0.05, 0) is 38.0 Å². The summed E-state index contributed by atoms with van der Waals surface area (Å²) < 4.78 is 1.88. The Bertz CT molecular complexity index is 614. The number of hydrogen-bond donors (Lipinski definition) is 0. The molecule has 3 heterocycles. The third kappa shape index (κ3) is 2.31. The van der Waals surface area contributed by atoms with Crippen LogP contribution in [0.25, 0.3) is 11.4 Å². The van der Waals surface area contributed by atoms with Crippen LogP contribution < -0.4 is 0 Å². The van der Waals surface area contributed by atoms with Crippen LogP contribution in [0.15, 0.2) is 30.6 Å².